The molecule has 1 aliphatic heterocycles. The van der Waals surface area contributed by atoms with Gasteiger partial charge >= 0.3 is 0 Å². The molecule has 3 rings (SSSR count). The van der Waals surface area contributed by atoms with Crippen LogP contribution in [0.4, 0.5) is 15.8 Å². The minimum absolute atomic E-state index is 0.131. The van der Waals surface area contributed by atoms with E-state index in [1.54, 1.807) is 31.0 Å². The van der Waals surface area contributed by atoms with Gasteiger partial charge in [0, 0.05) is 16.3 Å². The normalized spacial score (nSPS) is 15.6. The Bertz CT molecular complexity index is 873. The summed E-state index contributed by atoms with van der Waals surface area (Å²) in [7, 11) is 1.67. The molecule has 5 heteroatoms. The van der Waals surface area contributed by atoms with Gasteiger partial charge in [-0.15, -0.1) is 11.8 Å². The number of carbonyl (C=O) groups excluding carboxylic acids is 1. The molecule has 162 valence electrons. The van der Waals surface area contributed by atoms with Crippen LogP contribution in [0.15, 0.2) is 41.3 Å². The lowest BCUT2D eigenvalue weighted by Crippen LogP contribution is -2.42. The number of carbonyl (C=O) groups is 1. The van der Waals surface area contributed by atoms with E-state index in [0.29, 0.717) is 5.69 Å². The lowest BCUT2D eigenvalue weighted by atomic mass is 9.78. The topological polar surface area (TPSA) is 29.5 Å². The molecule has 2 aromatic rings. The van der Waals surface area contributed by atoms with Crippen LogP contribution in [0.5, 0.6) is 5.75 Å². The number of halogens is 1. The number of fused-ring (bicyclic) bond motifs is 1. The van der Waals surface area contributed by atoms with Gasteiger partial charge in [-0.2, -0.15) is 0 Å². The van der Waals surface area contributed by atoms with Gasteiger partial charge in [-0.05, 0) is 61.7 Å². The lowest BCUT2D eigenvalue weighted by Gasteiger charge is -2.35. The van der Waals surface area contributed by atoms with Gasteiger partial charge in [0.2, 0.25) is 5.91 Å². The molecular weight excluding hydrogens is 397 g/mol. The molecular formula is C25H32FNO2S. The number of aryl methyl sites for hydroxylation is 1. The van der Waals surface area contributed by atoms with Gasteiger partial charge < -0.3 is 4.74 Å². The predicted molar refractivity (Wildman–Crippen MR) is 123 cm³/mol. The Morgan fingerprint density at radius 1 is 1.10 bits per heavy atom. The van der Waals surface area contributed by atoms with Gasteiger partial charge in [0.05, 0.1) is 18.2 Å². The highest BCUT2D eigenvalue weighted by molar-refractivity contribution is 7.99. The van der Waals surface area contributed by atoms with Crippen LogP contribution in [-0.4, -0.2) is 18.8 Å². The molecule has 0 saturated heterocycles. The Kier molecular flexibility index (Phi) is 7.45. The van der Waals surface area contributed by atoms with E-state index in [9.17, 15) is 9.18 Å². The number of methoxy groups -OCH3 is 1. The molecule has 1 amide bonds. The number of rotatable bonds is 8. The highest BCUT2D eigenvalue weighted by Gasteiger charge is 2.44. The molecule has 0 spiro atoms. The monoisotopic (exact) mass is 429 g/mol. The first-order valence-electron chi connectivity index (χ1n) is 10.9. The maximum atomic E-state index is 14.2. The standard InChI is InChI=1S/C25H32FNO2S/c1-5-7-13-25(14-8-6-2)17-30-23-16-22(29-4)18(3)15-21(23)27(24(25)28)20-11-9-19(26)10-12-20/h9-12,15-16H,5-8,13-14,17H2,1-4H3. The zero-order valence-corrected chi connectivity index (χ0v) is 19.3. The summed E-state index contributed by atoms with van der Waals surface area (Å²) in [5, 5.41) is 0. The fraction of sp³-hybridized carbons (Fsp3) is 0.480. The summed E-state index contributed by atoms with van der Waals surface area (Å²) in [6.45, 7) is 6.33. The number of amides is 1. The summed E-state index contributed by atoms with van der Waals surface area (Å²) >= 11 is 1.74. The van der Waals surface area contributed by atoms with Crippen molar-refractivity contribution in [3.8, 4) is 5.75 Å². The SMILES string of the molecule is CCCCC1(CCCC)CSc2cc(OC)c(C)cc2N(c2ccc(F)cc2)C1=O. The van der Waals surface area contributed by atoms with E-state index in [0.717, 1.165) is 66.2 Å². The Morgan fingerprint density at radius 2 is 1.73 bits per heavy atom. The molecule has 0 N–H and O–H groups in total. The second-order valence-corrected chi connectivity index (χ2v) is 9.20. The number of thioether (sulfide) groups is 1. The molecule has 1 aliphatic rings. The van der Waals surface area contributed by atoms with Crippen molar-refractivity contribution < 1.29 is 13.9 Å². The Hall–Kier alpha value is -2.01. The molecule has 3 nitrogen and oxygen atoms in total. The summed E-state index contributed by atoms with van der Waals surface area (Å²) in [6, 6.07) is 10.3. The molecule has 30 heavy (non-hydrogen) atoms. The van der Waals surface area contributed by atoms with E-state index >= 15 is 0 Å². The van der Waals surface area contributed by atoms with Crippen LogP contribution in [0.1, 0.15) is 57.9 Å². The Labute approximate surface area is 184 Å². The number of hydrogen-bond donors (Lipinski definition) is 0. The molecule has 0 unspecified atom stereocenters. The van der Waals surface area contributed by atoms with Gasteiger partial charge in [-0.3, -0.25) is 9.69 Å². The number of ether oxygens (including phenoxy) is 1. The number of unbranched alkanes of at least 4 members (excludes halogenated alkanes) is 2. The van der Waals surface area contributed by atoms with Gasteiger partial charge in [-0.1, -0.05) is 39.5 Å². The van der Waals surface area contributed by atoms with Gasteiger partial charge in [0.15, 0.2) is 0 Å². The fourth-order valence-electron chi connectivity index (χ4n) is 4.15. The molecule has 2 aromatic carbocycles. The Balaban J connectivity index is 2.17. The quantitative estimate of drug-likeness (QED) is 0.441. The maximum Gasteiger partial charge on any atom is 0.238 e. The van der Waals surface area contributed by atoms with E-state index in [1.165, 1.54) is 12.1 Å². The number of nitrogens with zero attached hydrogens (tertiary/aromatic N) is 1. The van der Waals surface area contributed by atoms with Crippen molar-refractivity contribution in [1.29, 1.82) is 0 Å². The molecule has 0 aliphatic carbocycles. The van der Waals surface area contributed by atoms with Crippen molar-refractivity contribution >= 4 is 29.0 Å². The molecule has 0 radical (unpaired) electrons. The molecule has 0 aromatic heterocycles. The maximum absolute atomic E-state index is 14.2. The van der Waals surface area contributed by atoms with Crippen molar-refractivity contribution in [1.82, 2.24) is 0 Å². The molecule has 0 atom stereocenters. The third-order valence-corrected chi connectivity index (χ3v) is 7.32. The van der Waals surface area contributed by atoms with Crippen molar-refractivity contribution in [3.05, 3.63) is 47.8 Å². The van der Waals surface area contributed by atoms with E-state index < -0.39 is 5.41 Å². The second kappa shape index (κ2) is 9.86. The molecule has 0 bridgehead atoms. The first-order chi connectivity index (χ1) is 14.5. The second-order valence-electron chi connectivity index (χ2n) is 8.18. The first-order valence-corrected chi connectivity index (χ1v) is 11.9. The molecule has 1 heterocycles. The Morgan fingerprint density at radius 3 is 2.30 bits per heavy atom. The first kappa shape index (κ1) is 22.7. The van der Waals surface area contributed by atoms with Gasteiger partial charge in [0.25, 0.3) is 0 Å². The van der Waals surface area contributed by atoms with Crippen molar-refractivity contribution in [2.24, 2.45) is 5.41 Å². The van der Waals surface area contributed by atoms with Crippen LogP contribution in [0.3, 0.4) is 0 Å². The van der Waals surface area contributed by atoms with Gasteiger partial charge in [0.1, 0.15) is 11.6 Å². The fourth-order valence-corrected chi connectivity index (χ4v) is 5.48. The minimum atomic E-state index is -0.425. The molecule has 0 saturated carbocycles. The van der Waals surface area contributed by atoms with Gasteiger partial charge in [-0.25, -0.2) is 4.39 Å². The van der Waals surface area contributed by atoms with Crippen LogP contribution in [-0.2, 0) is 4.79 Å². The van der Waals surface area contributed by atoms with Crippen LogP contribution in [0.2, 0.25) is 0 Å². The van der Waals surface area contributed by atoms with Crippen LogP contribution in [0, 0.1) is 18.2 Å². The largest absolute Gasteiger partial charge is 0.496 e. The molecule has 0 fully saturated rings. The van der Waals surface area contributed by atoms with E-state index in [-0.39, 0.29) is 11.7 Å². The van der Waals surface area contributed by atoms with Crippen molar-refractivity contribution in [3.63, 3.8) is 0 Å². The summed E-state index contributed by atoms with van der Waals surface area (Å²) < 4.78 is 19.2. The van der Waals surface area contributed by atoms with E-state index in [1.807, 2.05) is 24.0 Å². The zero-order valence-electron chi connectivity index (χ0n) is 18.5. The highest BCUT2D eigenvalue weighted by atomic mass is 32.2. The third kappa shape index (κ3) is 4.51. The average Bonchev–Trinajstić information content (AvgIpc) is 2.86. The van der Waals surface area contributed by atoms with Crippen LogP contribution in [0.25, 0.3) is 0 Å². The van der Waals surface area contributed by atoms with Crippen LogP contribution < -0.4 is 9.64 Å². The average molecular weight is 430 g/mol. The predicted octanol–water partition coefficient (Wildman–Crippen LogP) is 7.28. The third-order valence-electron chi connectivity index (χ3n) is 5.98. The van der Waals surface area contributed by atoms with E-state index in [2.05, 4.69) is 13.8 Å². The highest BCUT2D eigenvalue weighted by Crippen LogP contribution is 2.49. The van der Waals surface area contributed by atoms with E-state index in [4.69, 9.17) is 4.74 Å². The summed E-state index contributed by atoms with van der Waals surface area (Å²) in [5.41, 5.74) is 2.13. The van der Waals surface area contributed by atoms with Crippen molar-refractivity contribution in [2.75, 3.05) is 17.8 Å². The van der Waals surface area contributed by atoms with Crippen molar-refractivity contribution in [2.45, 2.75) is 64.2 Å². The number of anilines is 2. The minimum Gasteiger partial charge on any atom is -0.496 e. The lowest BCUT2D eigenvalue weighted by molar-refractivity contribution is -0.127. The zero-order chi connectivity index (χ0) is 21.7. The van der Waals surface area contributed by atoms with Crippen LogP contribution >= 0.6 is 11.8 Å². The summed E-state index contributed by atoms with van der Waals surface area (Å²) in [6.07, 6.45) is 5.90. The number of benzene rings is 2. The number of hydrogen-bond acceptors (Lipinski definition) is 3. The smallest absolute Gasteiger partial charge is 0.238 e. The summed E-state index contributed by atoms with van der Waals surface area (Å²) in [4.78, 5) is 17.0. The summed E-state index contributed by atoms with van der Waals surface area (Å²) in [5.74, 6) is 1.40.